The standard InChI is InChI=1S/C30H43N3O4/c1-10-21(5)25(32-29(36)37-30(7,8)9)28(35)33(19(2)3)26(23-17-15-20(4)16-18-23)27(34)31-24-14-12-11-13-22(24)6/h11-19,21,25-26H,10H2,1-9H3,(H,31,34)(H,32,36). The van der Waals surface area contributed by atoms with Crippen molar-refractivity contribution >= 4 is 23.6 Å². The average molecular weight is 510 g/mol. The van der Waals surface area contributed by atoms with Crippen LogP contribution in [0.5, 0.6) is 0 Å². The summed E-state index contributed by atoms with van der Waals surface area (Å²) < 4.78 is 5.45. The van der Waals surface area contributed by atoms with Gasteiger partial charge in [-0.1, -0.05) is 68.3 Å². The van der Waals surface area contributed by atoms with Crippen molar-refractivity contribution in [3.8, 4) is 0 Å². The monoisotopic (exact) mass is 509 g/mol. The lowest BCUT2D eigenvalue weighted by Gasteiger charge is -2.38. The Balaban J connectivity index is 2.53. The fraction of sp³-hybridized carbons (Fsp3) is 0.500. The normalized spacial score (nSPS) is 13.9. The third kappa shape index (κ3) is 8.34. The Morgan fingerprint density at radius 1 is 0.946 bits per heavy atom. The van der Waals surface area contributed by atoms with Crippen molar-refractivity contribution in [2.45, 2.75) is 92.5 Å². The lowest BCUT2D eigenvalue weighted by Crippen LogP contribution is -2.56. The number of hydrogen-bond acceptors (Lipinski definition) is 4. The molecule has 2 aromatic rings. The summed E-state index contributed by atoms with van der Waals surface area (Å²) in [4.78, 5) is 42.3. The van der Waals surface area contributed by atoms with Crippen LogP contribution < -0.4 is 10.6 Å². The zero-order chi connectivity index (χ0) is 27.9. The van der Waals surface area contributed by atoms with Crippen molar-refractivity contribution in [1.82, 2.24) is 10.2 Å². The predicted molar refractivity (Wildman–Crippen MR) is 148 cm³/mol. The molecule has 0 spiro atoms. The first-order valence-electron chi connectivity index (χ1n) is 13.0. The van der Waals surface area contributed by atoms with Gasteiger partial charge >= 0.3 is 6.09 Å². The SMILES string of the molecule is CCC(C)C(NC(=O)OC(C)(C)C)C(=O)N(C(C)C)C(C(=O)Nc1ccccc1C)c1ccc(C)cc1. The summed E-state index contributed by atoms with van der Waals surface area (Å²) in [5, 5.41) is 5.81. The molecule has 3 atom stereocenters. The molecule has 7 heteroatoms. The number of ether oxygens (including phenoxy) is 1. The zero-order valence-electron chi connectivity index (χ0n) is 23.7. The van der Waals surface area contributed by atoms with Crippen LogP contribution in [-0.2, 0) is 14.3 Å². The van der Waals surface area contributed by atoms with Gasteiger partial charge in [-0.3, -0.25) is 9.59 Å². The van der Waals surface area contributed by atoms with Crippen molar-refractivity contribution < 1.29 is 19.1 Å². The molecule has 0 saturated heterocycles. The first kappa shape index (κ1) is 29.9. The molecule has 7 nitrogen and oxygen atoms in total. The average Bonchev–Trinajstić information content (AvgIpc) is 2.80. The molecule has 2 rings (SSSR count). The number of nitrogens with zero attached hydrogens (tertiary/aromatic N) is 1. The number of carbonyl (C=O) groups excluding carboxylic acids is 3. The van der Waals surface area contributed by atoms with Crippen molar-refractivity contribution in [2.24, 2.45) is 5.92 Å². The van der Waals surface area contributed by atoms with Crippen molar-refractivity contribution in [3.63, 3.8) is 0 Å². The highest BCUT2D eigenvalue weighted by Gasteiger charge is 2.39. The second-order valence-corrected chi connectivity index (χ2v) is 11.0. The molecule has 3 amide bonds. The van der Waals surface area contributed by atoms with Crippen LogP contribution in [0.2, 0.25) is 0 Å². The Bertz CT molecular complexity index is 1070. The Morgan fingerprint density at radius 2 is 1.54 bits per heavy atom. The Hall–Kier alpha value is -3.35. The van der Waals surface area contributed by atoms with Gasteiger partial charge < -0.3 is 20.3 Å². The number of benzene rings is 2. The van der Waals surface area contributed by atoms with E-state index < -0.39 is 23.8 Å². The summed E-state index contributed by atoms with van der Waals surface area (Å²) in [6.07, 6.45) is -0.00551. The lowest BCUT2D eigenvalue weighted by atomic mass is 9.94. The molecule has 0 saturated carbocycles. The Morgan fingerprint density at radius 3 is 2.05 bits per heavy atom. The van der Waals surface area contributed by atoms with Gasteiger partial charge in [0.05, 0.1) is 0 Å². The number of alkyl carbamates (subject to hydrolysis) is 1. The van der Waals surface area contributed by atoms with Crippen LogP contribution in [0.1, 0.15) is 77.6 Å². The quantitative estimate of drug-likeness (QED) is 0.424. The maximum absolute atomic E-state index is 14.2. The highest BCUT2D eigenvalue weighted by molar-refractivity contribution is 5.99. The molecule has 0 radical (unpaired) electrons. The van der Waals surface area contributed by atoms with Crippen LogP contribution in [0.4, 0.5) is 10.5 Å². The van der Waals surface area contributed by atoms with E-state index in [0.717, 1.165) is 11.1 Å². The van der Waals surface area contributed by atoms with Crippen LogP contribution >= 0.6 is 0 Å². The van der Waals surface area contributed by atoms with E-state index >= 15 is 0 Å². The minimum Gasteiger partial charge on any atom is -0.444 e. The maximum Gasteiger partial charge on any atom is 0.408 e. The van der Waals surface area contributed by atoms with Crippen LogP contribution in [0.25, 0.3) is 0 Å². The summed E-state index contributed by atoms with van der Waals surface area (Å²) in [6, 6.07) is 13.0. The highest BCUT2D eigenvalue weighted by Crippen LogP contribution is 2.29. The summed E-state index contributed by atoms with van der Waals surface area (Å²) in [5.74, 6) is -0.833. The molecule has 3 unspecified atom stereocenters. The van der Waals surface area contributed by atoms with E-state index in [-0.39, 0.29) is 23.8 Å². The fourth-order valence-electron chi connectivity index (χ4n) is 4.06. The van der Waals surface area contributed by atoms with Crippen LogP contribution in [0.3, 0.4) is 0 Å². The summed E-state index contributed by atoms with van der Waals surface area (Å²) in [7, 11) is 0. The first-order valence-corrected chi connectivity index (χ1v) is 13.0. The molecule has 0 aliphatic carbocycles. The van der Waals surface area contributed by atoms with E-state index in [0.29, 0.717) is 17.7 Å². The van der Waals surface area contributed by atoms with Crippen LogP contribution in [-0.4, -0.2) is 40.5 Å². The molecule has 0 fully saturated rings. The van der Waals surface area contributed by atoms with Crippen molar-refractivity contribution in [1.29, 1.82) is 0 Å². The molecule has 202 valence electrons. The minimum absolute atomic E-state index is 0.181. The number of anilines is 1. The Kier molecular flexibility index (Phi) is 10.3. The topological polar surface area (TPSA) is 87.7 Å². The molecule has 0 aliphatic rings. The van der Waals surface area contributed by atoms with Gasteiger partial charge in [0.25, 0.3) is 5.91 Å². The predicted octanol–water partition coefficient (Wildman–Crippen LogP) is 6.16. The Labute approximate surface area is 222 Å². The second kappa shape index (κ2) is 12.7. The van der Waals surface area contributed by atoms with Gasteiger partial charge in [0.2, 0.25) is 5.91 Å². The molecule has 2 aromatic carbocycles. The molecule has 2 N–H and O–H groups in total. The van der Waals surface area contributed by atoms with E-state index in [4.69, 9.17) is 4.74 Å². The summed E-state index contributed by atoms with van der Waals surface area (Å²) in [6.45, 7) is 16.8. The second-order valence-electron chi connectivity index (χ2n) is 11.0. The zero-order valence-corrected chi connectivity index (χ0v) is 23.7. The number of para-hydroxylation sites is 1. The number of nitrogens with one attached hydrogen (secondary N) is 2. The van der Waals surface area contributed by atoms with E-state index in [1.165, 1.54) is 0 Å². The van der Waals surface area contributed by atoms with Gasteiger partial charge in [-0.05, 0) is 71.6 Å². The third-order valence-corrected chi connectivity index (χ3v) is 6.28. The van der Waals surface area contributed by atoms with E-state index in [9.17, 15) is 14.4 Å². The molecule has 0 bridgehead atoms. The molecule has 37 heavy (non-hydrogen) atoms. The van der Waals surface area contributed by atoms with Crippen LogP contribution in [0.15, 0.2) is 48.5 Å². The van der Waals surface area contributed by atoms with Gasteiger partial charge in [-0.15, -0.1) is 0 Å². The highest BCUT2D eigenvalue weighted by atomic mass is 16.6. The fourth-order valence-corrected chi connectivity index (χ4v) is 4.06. The molecule has 0 aliphatic heterocycles. The number of aryl methyl sites for hydroxylation is 2. The number of hydrogen-bond donors (Lipinski definition) is 2. The first-order chi connectivity index (χ1) is 17.2. The smallest absolute Gasteiger partial charge is 0.408 e. The lowest BCUT2D eigenvalue weighted by molar-refractivity contribution is -0.144. The van der Waals surface area contributed by atoms with Gasteiger partial charge in [-0.2, -0.15) is 0 Å². The number of carbonyl (C=O) groups is 3. The molecular weight excluding hydrogens is 466 g/mol. The van der Waals surface area contributed by atoms with Crippen molar-refractivity contribution in [3.05, 3.63) is 65.2 Å². The van der Waals surface area contributed by atoms with Gasteiger partial charge in [-0.25, -0.2) is 4.79 Å². The molecule has 0 aromatic heterocycles. The van der Waals surface area contributed by atoms with Gasteiger partial charge in [0, 0.05) is 11.7 Å². The number of rotatable bonds is 9. The minimum atomic E-state index is -0.903. The van der Waals surface area contributed by atoms with Crippen molar-refractivity contribution in [2.75, 3.05) is 5.32 Å². The molecular formula is C30H43N3O4. The maximum atomic E-state index is 14.2. The van der Waals surface area contributed by atoms with E-state index in [1.807, 2.05) is 90.1 Å². The summed E-state index contributed by atoms with van der Waals surface area (Å²) in [5.41, 5.74) is 2.64. The third-order valence-electron chi connectivity index (χ3n) is 6.28. The van der Waals surface area contributed by atoms with Gasteiger partial charge in [0.1, 0.15) is 17.7 Å². The van der Waals surface area contributed by atoms with Gasteiger partial charge in [0.15, 0.2) is 0 Å². The van der Waals surface area contributed by atoms with Crippen LogP contribution in [0, 0.1) is 19.8 Å². The largest absolute Gasteiger partial charge is 0.444 e. The van der Waals surface area contributed by atoms with E-state index in [1.54, 1.807) is 25.7 Å². The van der Waals surface area contributed by atoms with E-state index in [2.05, 4.69) is 10.6 Å². The summed E-state index contributed by atoms with van der Waals surface area (Å²) >= 11 is 0. The molecule has 0 heterocycles. The number of amides is 3.